The fraction of sp³-hybridized carbons (Fsp3) is 0.600. The molecule has 1 aromatic rings. The van der Waals surface area contributed by atoms with Crippen molar-refractivity contribution in [2.24, 2.45) is 5.92 Å². The molecule has 3 unspecified atom stereocenters. The predicted molar refractivity (Wildman–Crippen MR) is 103 cm³/mol. The molecule has 2 amide bonds. The van der Waals surface area contributed by atoms with Crippen LogP contribution in [-0.4, -0.2) is 59.9 Å². The highest BCUT2D eigenvalue weighted by molar-refractivity contribution is 5.94. The second-order valence-electron chi connectivity index (χ2n) is 7.85. The van der Waals surface area contributed by atoms with Gasteiger partial charge >= 0.3 is 0 Å². The largest absolute Gasteiger partial charge is 0.338 e. The highest BCUT2D eigenvalue weighted by Gasteiger charge is 2.40. The van der Waals surface area contributed by atoms with Crippen molar-refractivity contribution in [2.45, 2.75) is 44.2 Å². The molecule has 2 aliphatic heterocycles. The molecule has 3 fully saturated rings. The standard InChI is InChI=1S/C20H25F2N3O2.ClH/c21-14-5-6-15(16(22)12-14)19(26)24-7-9-25(10-8-24)20(27)18-11-13-3-1-2-4-17(13)23-18;/h5-6,12-13,17-18,23H,1-4,7-11H2;1H. The van der Waals surface area contributed by atoms with Gasteiger partial charge < -0.3 is 15.1 Å². The number of rotatable bonds is 2. The smallest absolute Gasteiger partial charge is 0.256 e. The van der Waals surface area contributed by atoms with E-state index in [1.807, 2.05) is 0 Å². The number of carbonyl (C=O) groups excluding carboxylic acids is 2. The Morgan fingerprint density at radius 3 is 2.36 bits per heavy atom. The Balaban J connectivity index is 0.00000225. The van der Waals surface area contributed by atoms with Gasteiger partial charge in [0.15, 0.2) is 0 Å². The Labute approximate surface area is 169 Å². The van der Waals surface area contributed by atoms with Gasteiger partial charge in [0, 0.05) is 38.3 Å². The average molecular weight is 414 g/mol. The van der Waals surface area contributed by atoms with Gasteiger partial charge in [-0.3, -0.25) is 9.59 Å². The monoisotopic (exact) mass is 413 g/mol. The molecule has 0 radical (unpaired) electrons. The first-order valence-electron chi connectivity index (χ1n) is 9.82. The van der Waals surface area contributed by atoms with E-state index < -0.39 is 17.5 Å². The van der Waals surface area contributed by atoms with Crippen LogP contribution in [0.2, 0.25) is 0 Å². The van der Waals surface area contributed by atoms with E-state index in [0.29, 0.717) is 38.1 Å². The molecule has 1 aromatic carbocycles. The predicted octanol–water partition coefficient (Wildman–Crippen LogP) is 2.59. The summed E-state index contributed by atoms with van der Waals surface area (Å²) in [7, 11) is 0. The summed E-state index contributed by atoms with van der Waals surface area (Å²) in [5, 5.41) is 3.51. The quantitative estimate of drug-likeness (QED) is 0.810. The van der Waals surface area contributed by atoms with Crippen molar-refractivity contribution in [3.8, 4) is 0 Å². The van der Waals surface area contributed by atoms with Gasteiger partial charge in [0.2, 0.25) is 5.91 Å². The summed E-state index contributed by atoms with van der Waals surface area (Å²) in [5.74, 6) is -1.29. The highest BCUT2D eigenvalue weighted by Crippen LogP contribution is 2.33. The molecule has 1 aliphatic carbocycles. The molecule has 2 heterocycles. The Bertz CT molecular complexity index is 726. The van der Waals surface area contributed by atoms with Gasteiger partial charge in [-0.1, -0.05) is 12.8 Å². The summed E-state index contributed by atoms with van der Waals surface area (Å²) in [6.07, 6.45) is 5.75. The Morgan fingerprint density at radius 2 is 1.68 bits per heavy atom. The summed E-state index contributed by atoms with van der Waals surface area (Å²) in [6.45, 7) is 1.61. The van der Waals surface area contributed by atoms with E-state index in [2.05, 4.69) is 5.32 Å². The van der Waals surface area contributed by atoms with Crippen LogP contribution < -0.4 is 5.32 Å². The van der Waals surface area contributed by atoms with Crippen molar-refractivity contribution in [3.05, 3.63) is 35.4 Å². The fourth-order valence-electron chi connectivity index (χ4n) is 4.69. The number of fused-ring (bicyclic) bond motifs is 1. The van der Waals surface area contributed by atoms with Crippen molar-refractivity contribution in [1.82, 2.24) is 15.1 Å². The number of halogens is 3. The molecule has 3 atom stereocenters. The van der Waals surface area contributed by atoms with Gasteiger partial charge in [-0.25, -0.2) is 8.78 Å². The first-order chi connectivity index (χ1) is 13.0. The molecule has 5 nitrogen and oxygen atoms in total. The van der Waals surface area contributed by atoms with Gasteiger partial charge in [-0.15, -0.1) is 12.4 Å². The lowest BCUT2D eigenvalue weighted by Gasteiger charge is -2.36. The third kappa shape index (κ3) is 4.15. The van der Waals surface area contributed by atoms with Gasteiger partial charge in [0.25, 0.3) is 5.91 Å². The first-order valence-corrected chi connectivity index (χ1v) is 9.82. The molecule has 0 spiro atoms. The molecular weight excluding hydrogens is 388 g/mol. The van der Waals surface area contributed by atoms with Crippen molar-refractivity contribution < 1.29 is 18.4 Å². The van der Waals surface area contributed by atoms with Crippen molar-refractivity contribution in [3.63, 3.8) is 0 Å². The Kier molecular flexibility index (Phi) is 6.55. The van der Waals surface area contributed by atoms with Crippen molar-refractivity contribution >= 4 is 24.2 Å². The molecule has 3 aliphatic rings. The van der Waals surface area contributed by atoms with E-state index in [1.165, 1.54) is 30.2 Å². The molecule has 1 saturated carbocycles. The van der Waals surface area contributed by atoms with Gasteiger partial charge in [-0.05, 0) is 37.3 Å². The van der Waals surface area contributed by atoms with E-state index in [-0.39, 0.29) is 29.9 Å². The molecule has 4 rings (SSSR count). The van der Waals surface area contributed by atoms with E-state index >= 15 is 0 Å². The van der Waals surface area contributed by atoms with Crippen LogP contribution in [0.3, 0.4) is 0 Å². The number of hydrogen-bond acceptors (Lipinski definition) is 3. The third-order valence-corrected chi connectivity index (χ3v) is 6.20. The van der Waals surface area contributed by atoms with Crippen LogP contribution in [0.15, 0.2) is 18.2 Å². The molecule has 8 heteroatoms. The van der Waals surface area contributed by atoms with E-state index in [1.54, 1.807) is 4.90 Å². The maximum absolute atomic E-state index is 13.9. The van der Waals surface area contributed by atoms with E-state index in [4.69, 9.17) is 0 Å². The molecule has 1 N–H and O–H groups in total. The Morgan fingerprint density at radius 1 is 1.00 bits per heavy atom. The zero-order valence-corrected chi connectivity index (χ0v) is 16.5. The van der Waals surface area contributed by atoms with Crippen LogP contribution in [0.4, 0.5) is 8.78 Å². The van der Waals surface area contributed by atoms with Crippen LogP contribution in [0, 0.1) is 17.6 Å². The van der Waals surface area contributed by atoms with Gasteiger partial charge in [0.1, 0.15) is 11.6 Å². The average Bonchev–Trinajstić information content (AvgIpc) is 3.11. The molecule has 2 saturated heterocycles. The zero-order chi connectivity index (χ0) is 19.0. The summed E-state index contributed by atoms with van der Waals surface area (Å²) < 4.78 is 26.9. The van der Waals surface area contributed by atoms with Crippen LogP contribution in [0.1, 0.15) is 42.5 Å². The van der Waals surface area contributed by atoms with Gasteiger partial charge in [-0.2, -0.15) is 0 Å². The number of amides is 2. The van der Waals surface area contributed by atoms with E-state index in [9.17, 15) is 18.4 Å². The van der Waals surface area contributed by atoms with Crippen LogP contribution in [0.5, 0.6) is 0 Å². The van der Waals surface area contributed by atoms with Crippen LogP contribution in [-0.2, 0) is 4.79 Å². The lowest BCUT2D eigenvalue weighted by Crippen LogP contribution is -2.54. The molecule has 0 aromatic heterocycles. The third-order valence-electron chi connectivity index (χ3n) is 6.20. The summed E-state index contributed by atoms with van der Waals surface area (Å²) in [5.41, 5.74) is -0.127. The van der Waals surface area contributed by atoms with Crippen LogP contribution >= 0.6 is 12.4 Å². The molecular formula is C20H26ClF2N3O2. The van der Waals surface area contributed by atoms with Crippen molar-refractivity contribution in [1.29, 1.82) is 0 Å². The van der Waals surface area contributed by atoms with Gasteiger partial charge in [0.05, 0.1) is 11.6 Å². The summed E-state index contributed by atoms with van der Waals surface area (Å²) in [4.78, 5) is 28.7. The zero-order valence-electron chi connectivity index (χ0n) is 15.7. The van der Waals surface area contributed by atoms with Crippen molar-refractivity contribution in [2.75, 3.05) is 26.2 Å². The summed E-state index contributed by atoms with van der Waals surface area (Å²) >= 11 is 0. The lowest BCUT2D eigenvalue weighted by atomic mass is 9.85. The Hall–Kier alpha value is -1.73. The second kappa shape index (κ2) is 8.74. The normalized spacial score (nSPS) is 27.1. The maximum atomic E-state index is 13.9. The number of hydrogen-bond donors (Lipinski definition) is 1. The number of carbonyl (C=O) groups is 2. The number of nitrogens with one attached hydrogen (secondary N) is 1. The minimum atomic E-state index is -0.851. The lowest BCUT2D eigenvalue weighted by molar-refractivity contribution is -0.134. The first kappa shape index (κ1) is 21.0. The number of benzene rings is 1. The van der Waals surface area contributed by atoms with Crippen LogP contribution in [0.25, 0.3) is 0 Å². The topological polar surface area (TPSA) is 52.7 Å². The number of piperazine rings is 1. The molecule has 28 heavy (non-hydrogen) atoms. The highest BCUT2D eigenvalue weighted by atomic mass is 35.5. The number of nitrogens with zero attached hydrogens (tertiary/aromatic N) is 2. The fourth-order valence-corrected chi connectivity index (χ4v) is 4.69. The minimum Gasteiger partial charge on any atom is -0.338 e. The second-order valence-corrected chi connectivity index (χ2v) is 7.85. The molecule has 0 bridgehead atoms. The maximum Gasteiger partial charge on any atom is 0.256 e. The SMILES string of the molecule is Cl.O=C(c1ccc(F)cc1F)N1CCN(C(=O)C2CC3CCCCC3N2)CC1. The van der Waals surface area contributed by atoms with E-state index in [0.717, 1.165) is 25.0 Å². The summed E-state index contributed by atoms with van der Waals surface area (Å²) in [6, 6.07) is 3.33. The minimum absolute atomic E-state index is 0. The molecule has 154 valence electrons.